The van der Waals surface area contributed by atoms with Crippen LogP contribution in [0.1, 0.15) is 59.3 Å². The second-order valence-corrected chi connectivity index (χ2v) is 11.6. The zero-order valence-electron chi connectivity index (χ0n) is 18.9. The SMILES string of the molecule is CC(C)CC(=O)C1(C)CSSCCC(=O)[C@H](CCCN=C(N)N)NN2CCC[C@H]2C1=O. The number of hydrogen-bond acceptors (Lipinski definition) is 8. The number of nitrogens with one attached hydrogen (secondary N) is 1. The maximum Gasteiger partial charge on any atom is 0.185 e. The van der Waals surface area contributed by atoms with Crippen LogP contribution in [-0.4, -0.2) is 65.0 Å². The molecule has 1 unspecified atom stereocenters. The molecule has 10 heteroatoms. The van der Waals surface area contributed by atoms with Gasteiger partial charge in [0.2, 0.25) is 0 Å². The van der Waals surface area contributed by atoms with E-state index in [0.717, 1.165) is 6.42 Å². The van der Waals surface area contributed by atoms with Gasteiger partial charge in [0.25, 0.3) is 0 Å². The minimum Gasteiger partial charge on any atom is -0.370 e. The number of ketones is 3. The van der Waals surface area contributed by atoms with E-state index in [0.29, 0.717) is 56.7 Å². The molecule has 8 nitrogen and oxygen atoms in total. The highest BCUT2D eigenvalue weighted by molar-refractivity contribution is 8.76. The van der Waals surface area contributed by atoms with Gasteiger partial charge in [-0.3, -0.25) is 19.4 Å². The quantitative estimate of drug-likeness (QED) is 0.167. The number of hydrogen-bond donors (Lipinski definition) is 3. The van der Waals surface area contributed by atoms with Crippen LogP contribution in [-0.2, 0) is 14.4 Å². The van der Waals surface area contributed by atoms with Crippen LogP contribution in [0.4, 0.5) is 0 Å². The lowest BCUT2D eigenvalue weighted by atomic mass is 9.77. The molecule has 0 aliphatic carbocycles. The fourth-order valence-electron chi connectivity index (χ4n) is 3.98. The summed E-state index contributed by atoms with van der Waals surface area (Å²) < 4.78 is 0. The van der Waals surface area contributed by atoms with Crippen LogP contribution in [0.3, 0.4) is 0 Å². The van der Waals surface area contributed by atoms with Crippen molar-refractivity contribution in [1.82, 2.24) is 10.4 Å². The Morgan fingerprint density at radius 2 is 2.06 bits per heavy atom. The average Bonchev–Trinajstić information content (AvgIpc) is 3.15. The van der Waals surface area contributed by atoms with Crippen molar-refractivity contribution in [3.05, 3.63) is 0 Å². The van der Waals surface area contributed by atoms with Gasteiger partial charge in [-0.15, -0.1) is 0 Å². The maximum absolute atomic E-state index is 13.7. The van der Waals surface area contributed by atoms with Crippen molar-refractivity contribution < 1.29 is 14.4 Å². The normalized spacial score (nSPS) is 28.6. The van der Waals surface area contributed by atoms with Crippen LogP contribution in [0.25, 0.3) is 0 Å². The van der Waals surface area contributed by atoms with Crippen LogP contribution >= 0.6 is 21.6 Å². The summed E-state index contributed by atoms with van der Waals surface area (Å²) in [5.41, 5.74) is 13.1. The van der Waals surface area contributed by atoms with E-state index in [4.69, 9.17) is 11.5 Å². The minimum absolute atomic E-state index is 0.0226. The lowest BCUT2D eigenvalue weighted by Crippen LogP contribution is -2.56. The van der Waals surface area contributed by atoms with Crippen LogP contribution in [0.5, 0.6) is 0 Å². The monoisotopic (exact) mass is 471 g/mol. The summed E-state index contributed by atoms with van der Waals surface area (Å²) in [6.45, 7) is 6.97. The van der Waals surface area contributed by atoms with E-state index in [-0.39, 0.29) is 41.3 Å². The molecule has 0 radical (unpaired) electrons. The van der Waals surface area contributed by atoms with E-state index in [2.05, 4.69) is 10.4 Å². The van der Waals surface area contributed by atoms with Crippen molar-refractivity contribution in [2.24, 2.45) is 27.8 Å². The minimum atomic E-state index is -1.01. The Bertz CT molecular complexity index is 684. The highest BCUT2D eigenvalue weighted by atomic mass is 33.1. The Morgan fingerprint density at radius 3 is 2.74 bits per heavy atom. The van der Waals surface area contributed by atoms with Crippen molar-refractivity contribution in [2.45, 2.75) is 71.4 Å². The number of Topliss-reactive ketones (excluding diaryl/α,β-unsaturated/α-hetero) is 3. The molecule has 2 rings (SSSR count). The van der Waals surface area contributed by atoms with Gasteiger partial charge in [-0.2, -0.15) is 0 Å². The third-order valence-electron chi connectivity index (χ3n) is 5.83. The summed E-state index contributed by atoms with van der Waals surface area (Å²) in [5, 5.41) is 1.91. The zero-order chi connectivity index (χ0) is 23.0. The average molecular weight is 472 g/mol. The molecule has 0 bridgehead atoms. The second kappa shape index (κ2) is 12.2. The topological polar surface area (TPSA) is 131 Å². The van der Waals surface area contributed by atoms with Crippen molar-refractivity contribution >= 4 is 44.9 Å². The zero-order valence-corrected chi connectivity index (χ0v) is 20.5. The van der Waals surface area contributed by atoms with Gasteiger partial charge in [0, 0.05) is 37.4 Å². The van der Waals surface area contributed by atoms with E-state index < -0.39 is 5.41 Å². The molecule has 2 fully saturated rings. The van der Waals surface area contributed by atoms with Crippen LogP contribution in [0.2, 0.25) is 0 Å². The highest BCUT2D eigenvalue weighted by Gasteiger charge is 2.47. The predicted molar refractivity (Wildman–Crippen MR) is 129 cm³/mol. The molecule has 5 N–H and O–H groups in total. The third-order valence-corrected chi connectivity index (χ3v) is 8.41. The van der Waals surface area contributed by atoms with Crippen LogP contribution in [0, 0.1) is 11.3 Å². The molecule has 2 aliphatic rings. The standard InChI is InChI=1S/C21H37N5O3S2/c1-14(2)12-18(28)21(3)13-31-30-11-8-17(27)15(6-4-9-24-20(22)23)25-26-10-5-7-16(26)19(21)29/h14-16,25H,4-13H2,1-3H3,(H4,22,23,24)/t15-,16-,21?/m0/s1. The first-order valence-electron chi connectivity index (χ1n) is 11.1. The Kier molecular flexibility index (Phi) is 10.3. The summed E-state index contributed by atoms with van der Waals surface area (Å²) >= 11 is 0. The molecule has 0 saturated carbocycles. The first-order chi connectivity index (χ1) is 14.6. The first kappa shape index (κ1) is 26.2. The van der Waals surface area contributed by atoms with Crippen LogP contribution < -0.4 is 16.9 Å². The summed E-state index contributed by atoms with van der Waals surface area (Å²) in [7, 11) is 3.10. The van der Waals surface area contributed by atoms with Crippen molar-refractivity contribution in [2.75, 3.05) is 24.6 Å². The number of guanidine groups is 1. The molecular weight excluding hydrogens is 434 g/mol. The van der Waals surface area contributed by atoms with Crippen LogP contribution in [0.15, 0.2) is 4.99 Å². The number of fused-ring (bicyclic) bond motifs is 1. The number of rotatable bonds is 7. The summed E-state index contributed by atoms with van der Waals surface area (Å²) in [6.07, 6.45) is 3.66. The second-order valence-electron chi connectivity index (χ2n) is 9.00. The Balaban J connectivity index is 2.21. The Hall–Kier alpha value is -1.10. The Labute approximate surface area is 193 Å². The van der Waals surface area contributed by atoms with Gasteiger partial charge in [-0.05, 0) is 38.5 Å². The van der Waals surface area contributed by atoms with E-state index in [9.17, 15) is 14.4 Å². The molecule has 2 saturated heterocycles. The molecule has 2 aliphatic heterocycles. The molecule has 0 aromatic carbocycles. The lowest BCUT2D eigenvalue weighted by molar-refractivity contribution is -0.143. The maximum atomic E-state index is 13.7. The van der Waals surface area contributed by atoms with Gasteiger partial charge in [-0.25, -0.2) is 10.4 Å². The molecular formula is C21H37N5O3S2. The first-order valence-corrected chi connectivity index (χ1v) is 13.6. The van der Waals surface area contributed by atoms with Crippen molar-refractivity contribution in [1.29, 1.82) is 0 Å². The highest BCUT2D eigenvalue weighted by Crippen LogP contribution is 2.37. The number of carbonyl (C=O) groups is 3. The molecule has 3 atom stereocenters. The molecule has 31 heavy (non-hydrogen) atoms. The van der Waals surface area contributed by atoms with Gasteiger partial charge in [0.15, 0.2) is 17.5 Å². The van der Waals surface area contributed by atoms with E-state index in [1.54, 1.807) is 10.8 Å². The smallest absolute Gasteiger partial charge is 0.185 e. The van der Waals surface area contributed by atoms with Gasteiger partial charge in [0.1, 0.15) is 5.78 Å². The lowest BCUT2D eigenvalue weighted by Gasteiger charge is -2.35. The predicted octanol–water partition coefficient (Wildman–Crippen LogP) is 1.92. The molecule has 0 aromatic heterocycles. The van der Waals surface area contributed by atoms with Gasteiger partial charge in [0.05, 0.1) is 17.5 Å². The summed E-state index contributed by atoms with van der Waals surface area (Å²) in [6, 6.07) is -0.774. The summed E-state index contributed by atoms with van der Waals surface area (Å²) in [4.78, 5) is 43.6. The number of aliphatic imine (C=N–C) groups is 1. The largest absolute Gasteiger partial charge is 0.370 e. The van der Waals surface area contributed by atoms with Gasteiger partial charge in [-0.1, -0.05) is 35.4 Å². The molecule has 0 aromatic rings. The van der Waals surface area contributed by atoms with E-state index in [1.165, 1.54) is 10.8 Å². The van der Waals surface area contributed by atoms with Gasteiger partial charge < -0.3 is 11.5 Å². The molecule has 176 valence electrons. The molecule has 0 spiro atoms. The van der Waals surface area contributed by atoms with E-state index in [1.807, 2.05) is 25.8 Å². The van der Waals surface area contributed by atoms with Gasteiger partial charge >= 0.3 is 0 Å². The number of carbonyl (C=O) groups excluding carboxylic acids is 3. The number of nitrogens with two attached hydrogens (primary N) is 2. The summed E-state index contributed by atoms with van der Waals surface area (Å²) in [5.74, 6) is 1.49. The Morgan fingerprint density at radius 1 is 1.32 bits per heavy atom. The number of nitrogens with zero attached hydrogens (tertiary/aromatic N) is 2. The van der Waals surface area contributed by atoms with E-state index >= 15 is 0 Å². The fourth-order valence-corrected chi connectivity index (χ4v) is 6.57. The fraction of sp³-hybridized carbons (Fsp3) is 0.810. The third kappa shape index (κ3) is 7.47. The number of hydrazine groups is 1. The van der Waals surface area contributed by atoms with Crippen molar-refractivity contribution in [3.8, 4) is 0 Å². The molecule has 0 amide bonds. The van der Waals surface area contributed by atoms with Crippen molar-refractivity contribution in [3.63, 3.8) is 0 Å². The molecule has 2 heterocycles.